The molecule has 0 aromatic carbocycles. The van der Waals surface area contributed by atoms with Crippen LogP contribution in [0.25, 0.3) is 0 Å². The van der Waals surface area contributed by atoms with E-state index in [1.165, 1.54) is 4.57 Å². The number of fused-ring (bicyclic) bond motifs is 1. The maximum Gasteiger partial charge on any atom is 0.347 e. The lowest BCUT2D eigenvalue weighted by atomic mass is 10.3. The topological polar surface area (TPSA) is 48.9 Å². The van der Waals surface area contributed by atoms with Crippen molar-refractivity contribution in [1.29, 1.82) is 0 Å². The van der Waals surface area contributed by atoms with E-state index in [0.717, 1.165) is 12.8 Å². The van der Waals surface area contributed by atoms with Crippen LogP contribution in [-0.2, 0) is 13.1 Å². The molecule has 0 amide bonds. The van der Waals surface area contributed by atoms with E-state index in [-0.39, 0.29) is 17.4 Å². The number of aromatic nitrogens is 3. The molecule has 0 bridgehead atoms. The van der Waals surface area contributed by atoms with E-state index in [9.17, 15) is 9.59 Å². The second-order valence-corrected chi connectivity index (χ2v) is 3.98. The lowest BCUT2D eigenvalue weighted by Gasteiger charge is -2.13. The van der Waals surface area contributed by atoms with Crippen LogP contribution < -0.4 is 11.4 Å². The van der Waals surface area contributed by atoms with Gasteiger partial charge in [0.2, 0.25) is 0 Å². The van der Waals surface area contributed by atoms with Crippen molar-refractivity contribution in [3.63, 3.8) is 0 Å². The minimum atomic E-state index is -0.162. The molecular weight excluding hydrogens is 182 g/mol. The second kappa shape index (κ2) is 3.15. The molecule has 0 saturated carbocycles. The van der Waals surface area contributed by atoms with E-state index < -0.39 is 0 Å². The highest BCUT2D eigenvalue weighted by Gasteiger charge is 2.19. The highest BCUT2D eigenvalue weighted by Crippen LogP contribution is 2.03. The molecule has 0 fully saturated rings. The average molecular weight is 197 g/mol. The van der Waals surface area contributed by atoms with Crippen LogP contribution in [0.5, 0.6) is 0 Å². The smallest absolute Gasteiger partial charge is 0.246 e. The summed E-state index contributed by atoms with van der Waals surface area (Å²) in [5.41, 5.74) is -0.325. The van der Waals surface area contributed by atoms with Gasteiger partial charge in [0.15, 0.2) is 0 Å². The van der Waals surface area contributed by atoms with Gasteiger partial charge in [0.05, 0.1) is 0 Å². The fraction of sp³-hybridized carbons (Fsp3) is 0.778. The summed E-state index contributed by atoms with van der Waals surface area (Å²) in [6.45, 7) is 5.06. The molecule has 0 aliphatic carbocycles. The van der Waals surface area contributed by atoms with Gasteiger partial charge in [-0.3, -0.25) is 0 Å². The van der Waals surface area contributed by atoms with Crippen molar-refractivity contribution in [3.05, 3.63) is 21.0 Å². The van der Waals surface area contributed by atoms with Gasteiger partial charge >= 0.3 is 11.4 Å². The Morgan fingerprint density at radius 2 is 1.43 bits per heavy atom. The largest absolute Gasteiger partial charge is 0.347 e. The Morgan fingerprint density at radius 3 is 1.79 bits per heavy atom. The Labute approximate surface area is 81.6 Å². The zero-order chi connectivity index (χ0) is 10.3. The molecule has 1 aliphatic heterocycles. The molecule has 0 saturated heterocycles. The molecule has 14 heavy (non-hydrogen) atoms. The van der Waals surface area contributed by atoms with Crippen LogP contribution >= 0.6 is 0 Å². The summed E-state index contributed by atoms with van der Waals surface area (Å²) >= 11 is 0. The van der Waals surface area contributed by atoms with Crippen LogP contribution in [-0.4, -0.2) is 13.9 Å². The molecule has 0 N–H and O–H groups in total. The summed E-state index contributed by atoms with van der Waals surface area (Å²) < 4.78 is 4.45. The molecule has 1 aromatic rings. The zero-order valence-electron chi connectivity index (χ0n) is 8.56. The highest BCUT2D eigenvalue weighted by atomic mass is 16.2. The minimum Gasteiger partial charge on any atom is -0.246 e. The molecule has 0 atom stereocenters. The first kappa shape index (κ1) is 9.30. The third-order valence-corrected chi connectivity index (χ3v) is 2.65. The maximum atomic E-state index is 11.8. The fourth-order valence-corrected chi connectivity index (χ4v) is 1.93. The lowest BCUT2D eigenvalue weighted by molar-refractivity contribution is 0.348. The monoisotopic (exact) mass is 197 g/mol. The first-order valence-electron chi connectivity index (χ1n) is 5.05. The summed E-state index contributed by atoms with van der Waals surface area (Å²) in [5, 5.41) is 0. The molecular formula is C9H15N3O2. The van der Waals surface area contributed by atoms with E-state index in [1.807, 2.05) is 13.8 Å². The third-order valence-electron chi connectivity index (χ3n) is 2.65. The quantitative estimate of drug-likeness (QED) is 0.645. The van der Waals surface area contributed by atoms with Crippen molar-refractivity contribution in [2.45, 2.75) is 45.8 Å². The minimum absolute atomic E-state index is 0.0550. The second-order valence-electron chi connectivity index (χ2n) is 3.98. The fourth-order valence-electron chi connectivity index (χ4n) is 1.93. The van der Waals surface area contributed by atoms with Gasteiger partial charge < -0.3 is 0 Å². The predicted molar refractivity (Wildman–Crippen MR) is 52.6 cm³/mol. The van der Waals surface area contributed by atoms with Crippen LogP contribution in [0.1, 0.15) is 32.7 Å². The van der Waals surface area contributed by atoms with Gasteiger partial charge in [-0.1, -0.05) is 0 Å². The zero-order valence-corrected chi connectivity index (χ0v) is 8.56. The van der Waals surface area contributed by atoms with Crippen molar-refractivity contribution >= 4 is 0 Å². The van der Waals surface area contributed by atoms with E-state index in [4.69, 9.17) is 0 Å². The van der Waals surface area contributed by atoms with Gasteiger partial charge in [-0.05, 0) is 26.7 Å². The molecule has 5 heteroatoms. The van der Waals surface area contributed by atoms with Gasteiger partial charge in [0.1, 0.15) is 0 Å². The van der Waals surface area contributed by atoms with Gasteiger partial charge in [0, 0.05) is 19.1 Å². The van der Waals surface area contributed by atoms with Gasteiger partial charge in [-0.25, -0.2) is 23.5 Å². The Bertz CT molecular complexity index is 412. The number of hydrogen-bond acceptors (Lipinski definition) is 2. The predicted octanol–water partition coefficient (Wildman–Crippen LogP) is 0.186. The van der Waals surface area contributed by atoms with Gasteiger partial charge in [-0.15, -0.1) is 0 Å². The Kier molecular flexibility index (Phi) is 2.09. The number of hydrogen-bond donors (Lipinski definition) is 0. The summed E-state index contributed by atoms with van der Waals surface area (Å²) in [5.74, 6) is 0. The maximum absolute atomic E-state index is 11.8. The van der Waals surface area contributed by atoms with Crippen molar-refractivity contribution in [2.75, 3.05) is 0 Å². The van der Waals surface area contributed by atoms with Crippen LogP contribution in [0.3, 0.4) is 0 Å². The molecule has 0 spiro atoms. The van der Waals surface area contributed by atoms with Crippen molar-refractivity contribution in [1.82, 2.24) is 13.9 Å². The van der Waals surface area contributed by atoms with Crippen LogP contribution in [0.15, 0.2) is 9.59 Å². The van der Waals surface area contributed by atoms with E-state index >= 15 is 0 Å². The first-order chi connectivity index (χ1) is 6.63. The van der Waals surface area contributed by atoms with Crippen molar-refractivity contribution in [2.24, 2.45) is 0 Å². The summed E-state index contributed by atoms with van der Waals surface area (Å²) in [7, 11) is 0. The highest BCUT2D eigenvalue weighted by molar-refractivity contribution is 4.79. The van der Waals surface area contributed by atoms with Crippen molar-refractivity contribution < 1.29 is 0 Å². The SMILES string of the molecule is CC(C)n1c(=O)n2n(c1=O)CCCC2. The van der Waals surface area contributed by atoms with E-state index in [2.05, 4.69) is 0 Å². The van der Waals surface area contributed by atoms with Crippen LogP contribution in [0.4, 0.5) is 0 Å². The average Bonchev–Trinajstić information content (AvgIpc) is 2.41. The Balaban J connectivity index is 2.70. The van der Waals surface area contributed by atoms with Crippen molar-refractivity contribution in [3.8, 4) is 0 Å². The third kappa shape index (κ3) is 1.15. The van der Waals surface area contributed by atoms with E-state index in [0.29, 0.717) is 13.1 Å². The molecule has 1 aromatic heterocycles. The molecule has 78 valence electrons. The summed E-state index contributed by atoms with van der Waals surface area (Å²) in [6.07, 6.45) is 1.98. The Hall–Kier alpha value is -1.26. The summed E-state index contributed by atoms with van der Waals surface area (Å²) in [6, 6.07) is -0.0550. The van der Waals surface area contributed by atoms with Gasteiger partial charge in [-0.2, -0.15) is 0 Å². The lowest BCUT2D eigenvalue weighted by Crippen LogP contribution is -2.30. The molecule has 2 rings (SSSR count). The normalized spacial score (nSPS) is 15.9. The molecule has 0 unspecified atom stereocenters. The van der Waals surface area contributed by atoms with Gasteiger partial charge in [0.25, 0.3) is 0 Å². The Morgan fingerprint density at radius 1 is 1.00 bits per heavy atom. The molecule has 0 radical (unpaired) electrons. The first-order valence-corrected chi connectivity index (χ1v) is 5.05. The number of nitrogens with zero attached hydrogens (tertiary/aromatic N) is 3. The van der Waals surface area contributed by atoms with E-state index in [1.54, 1.807) is 9.36 Å². The summed E-state index contributed by atoms with van der Waals surface area (Å²) in [4.78, 5) is 23.6. The number of rotatable bonds is 1. The molecule has 1 aliphatic rings. The van der Waals surface area contributed by atoms with Crippen LogP contribution in [0, 0.1) is 0 Å². The molecule has 2 heterocycles. The van der Waals surface area contributed by atoms with Crippen LogP contribution in [0.2, 0.25) is 0 Å². The standard InChI is InChI=1S/C9H15N3O2/c1-7(2)12-8(13)10-5-3-4-6-11(10)9(12)14/h7H,3-6H2,1-2H3. The molecule has 5 nitrogen and oxygen atoms in total.